The number of aliphatic imine (C=N–C) groups is 1. The lowest BCUT2D eigenvalue weighted by Crippen LogP contribution is -2.02. The van der Waals surface area contributed by atoms with Crippen molar-refractivity contribution in [2.24, 2.45) is 4.99 Å². The van der Waals surface area contributed by atoms with E-state index in [-0.39, 0.29) is 0 Å². The average molecular weight is 336 g/mol. The fourth-order valence-electron chi connectivity index (χ4n) is 3.20. The van der Waals surface area contributed by atoms with E-state index < -0.39 is 0 Å². The molecule has 0 bridgehead atoms. The zero-order valence-corrected chi connectivity index (χ0v) is 16.4. The van der Waals surface area contributed by atoms with Crippen LogP contribution >= 0.6 is 0 Å². The first-order chi connectivity index (χ1) is 11.9. The first-order valence-corrected chi connectivity index (χ1v) is 10.7. The van der Waals surface area contributed by atoms with Gasteiger partial charge in [-0.3, -0.25) is 0 Å². The van der Waals surface area contributed by atoms with E-state index in [4.69, 9.17) is 4.74 Å². The van der Waals surface area contributed by atoms with Crippen molar-refractivity contribution in [3.05, 3.63) is 12.2 Å². The summed E-state index contributed by atoms with van der Waals surface area (Å²) >= 11 is 0. The van der Waals surface area contributed by atoms with Crippen LogP contribution < -0.4 is 0 Å². The highest BCUT2D eigenvalue weighted by Crippen LogP contribution is 2.13. The van der Waals surface area contributed by atoms with Gasteiger partial charge in [-0.05, 0) is 25.3 Å². The van der Waals surface area contributed by atoms with E-state index in [9.17, 15) is 0 Å². The molecule has 1 aliphatic rings. The van der Waals surface area contributed by atoms with Crippen molar-refractivity contribution in [1.29, 1.82) is 0 Å². The van der Waals surface area contributed by atoms with Gasteiger partial charge in [-0.15, -0.1) is 0 Å². The zero-order valence-electron chi connectivity index (χ0n) is 16.4. The Morgan fingerprint density at radius 2 is 1.38 bits per heavy atom. The molecule has 1 atom stereocenters. The predicted molar refractivity (Wildman–Crippen MR) is 107 cm³/mol. The number of rotatable bonds is 16. The van der Waals surface area contributed by atoms with Crippen molar-refractivity contribution in [2.75, 3.05) is 6.61 Å². The predicted octanol–water partition coefficient (Wildman–Crippen LogP) is 7.23. The maximum absolute atomic E-state index is 5.54. The van der Waals surface area contributed by atoms with Gasteiger partial charge < -0.3 is 4.74 Å². The summed E-state index contributed by atoms with van der Waals surface area (Å²) in [5.74, 6) is 0.844. The molecule has 0 aromatic carbocycles. The Kier molecular flexibility index (Phi) is 13.9. The molecular formula is C22H41NO. The molecule has 0 radical (unpaired) electrons. The summed E-state index contributed by atoms with van der Waals surface area (Å²) in [5.41, 5.74) is 0. The van der Waals surface area contributed by atoms with Crippen LogP contribution in [0.1, 0.15) is 110 Å². The monoisotopic (exact) mass is 335 g/mol. The highest BCUT2D eigenvalue weighted by atomic mass is 16.5. The van der Waals surface area contributed by atoms with Crippen LogP contribution in [0.25, 0.3) is 0 Å². The molecule has 1 unspecified atom stereocenters. The minimum atomic E-state index is 0.390. The Morgan fingerprint density at radius 3 is 1.88 bits per heavy atom. The van der Waals surface area contributed by atoms with Gasteiger partial charge in [0, 0.05) is 0 Å². The number of unbranched alkanes of at least 4 members (excludes halogenated alkanes) is 13. The fraction of sp³-hybridized carbons (Fsp3) is 0.864. The molecular weight excluding hydrogens is 294 g/mol. The fourth-order valence-corrected chi connectivity index (χ4v) is 3.20. The van der Waals surface area contributed by atoms with Crippen molar-refractivity contribution in [3.63, 3.8) is 0 Å². The summed E-state index contributed by atoms with van der Waals surface area (Å²) in [6, 6.07) is 0.390. The first kappa shape index (κ1) is 21.3. The quantitative estimate of drug-likeness (QED) is 0.273. The van der Waals surface area contributed by atoms with E-state index in [1.165, 1.54) is 83.5 Å². The van der Waals surface area contributed by atoms with E-state index >= 15 is 0 Å². The molecule has 2 heteroatoms. The highest BCUT2D eigenvalue weighted by Gasteiger charge is 2.13. The summed E-state index contributed by atoms with van der Waals surface area (Å²) in [7, 11) is 0. The number of hydrogen-bond acceptors (Lipinski definition) is 2. The number of ether oxygens (including phenoxy) is 1. The molecule has 1 heterocycles. The highest BCUT2D eigenvalue weighted by molar-refractivity contribution is 5.88. The van der Waals surface area contributed by atoms with Crippen molar-refractivity contribution in [1.82, 2.24) is 0 Å². The van der Waals surface area contributed by atoms with E-state index in [2.05, 4.69) is 31.0 Å². The molecule has 0 N–H and O–H groups in total. The normalized spacial score (nSPS) is 17.4. The average Bonchev–Trinajstić information content (AvgIpc) is 3.06. The van der Waals surface area contributed by atoms with Crippen LogP contribution in [0.2, 0.25) is 0 Å². The third kappa shape index (κ3) is 11.7. The molecule has 0 spiro atoms. The molecule has 0 saturated heterocycles. The van der Waals surface area contributed by atoms with Crippen LogP contribution in [0.15, 0.2) is 17.1 Å². The topological polar surface area (TPSA) is 21.6 Å². The molecule has 0 aromatic heterocycles. The SMILES string of the molecule is CCCCCCCCCCCCCCCC=CC1=NC(CC)CO1. The maximum atomic E-state index is 5.54. The van der Waals surface area contributed by atoms with Crippen LogP contribution in [0.5, 0.6) is 0 Å². The molecule has 0 amide bonds. The van der Waals surface area contributed by atoms with Gasteiger partial charge in [0.05, 0.1) is 6.04 Å². The molecule has 2 nitrogen and oxygen atoms in total. The Bertz CT molecular complexity index is 335. The summed E-state index contributed by atoms with van der Waals surface area (Å²) in [6.07, 6.45) is 25.0. The van der Waals surface area contributed by atoms with Crippen LogP contribution in [-0.2, 0) is 4.74 Å². The van der Waals surface area contributed by atoms with E-state index in [1.807, 2.05) is 0 Å². The lowest BCUT2D eigenvalue weighted by molar-refractivity contribution is 0.316. The standard InChI is InChI=1S/C22H41NO/c1-3-5-6-7-8-9-10-11-12-13-14-15-16-17-18-19-22-23-21(4-2)20-24-22/h18-19,21H,3-17,20H2,1-2H3. The van der Waals surface area contributed by atoms with Gasteiger partial charge in [-0.2, -0.15) is 0 Å². The molecule has 1 aliphatic heterocycles. The van der Waals surface area contributed by atoms with Gasteiger partial charge in [0.25, 0.3) is 0 Å². The molecule has 140 valence electrons. The van der Waals surface area contributed by atoms with Gasteiger partial charge in [0.15, 0.2) is 0 Å². The number of hydrogen-bond donors (Lipinski definition) is 0. The summed E-state index contributed by atoms with van der Waals surface area (Å²) in [5, 5.41) is 0. The minimum Gasteiger partial charge on any atom is -0.476 e. The van der Waals surface area contributed by atoms with E-state index in [0.29, 0.717) is 6.04 Å². The van der Waals surface area contributed by atoms with Crippen molar-refractivity contribution in [3.8, 4) is 0 Å². The van der Waals surface area contributed by atoms with Crippen molar-refractivity contribution >= 4 is 5.90 Å². The Labute approximate surface area is 151 Å². The maximum Gasteiger partial charge on any atom is 0.208 e. The summed E-state index contributed by atoms with van der Waals surface area (Å²) < 4.78 is 5.54. The second kappa shape index (κ2) is 15.7. The smallest absolute Gasteiger partial charge is 0.208 e. The van der Waals surface area contributed by atoms with Crippen molar-refractivity contribution in [2.45, 2.75) is 116 Å². The Morgan fingerprint density at radius 1 is 0.833 bits per heavy atom. The first-order valence-electron chi connectivity index (χ1n) is 10.7. The van der Waals surface area contributed by atoms with Crippen LogP contribution in [-0.4, -0.2) is 18.5 Å². The van der Waals surface area contributed by atoms with Gasteiger partial charge >= 0.3 is 0 Å². The third-order valence-corrected chi connectivity index (χ3v) is 4.94. The van der Waals surface area contributed by atoms with Gasteiger partial charge in [-0.25, -0.2) is 4.99 Å². The second-order valence-electron chi connectivity index (χ2n) is 7.27. The molecule has 0 aliphatic carbocycles. The molecule has 1 rings (SSSR count). The van der Waals surface area contributed by atoms with E-state index in [0.717, 1.165) is 25.3 Å². The zero-order chi connectivity index (χ0) is 17.3. The van der Waals surface area contributed by atoms with E-state index in [1.54, 1.807) is 0 Å². The molecule has 0 aromatic rings. The van der Waals surface area contributed by atoms with Crippen molar-refractivity contribution < 1.29 is 4.74 Å². The second-order valence-corrected chi connectivity index (χ2v) is 7.27. The number of nitrogens with zero attached hydrogens (tertiary/aromatic N) is 1. The number of allylic oxidation sites excluding steroid dienone is 1. The van der Waals surface area contributed by atoms with Gasteiger partial charge in [0.2, 0.25) is 5.90 Å². The lowest BCUT2D eigenvalue weighted by Gasteiger charge is -2.02. The van der Waals surface area contributed by atoms with Gasteiger partial charge in [-0.1, -0.05) is 97.0 Å². The Hall–Kier alpha value is -0.790. The Balaban J connectivity index is 1.78. The summed E-state index contributed by atoms with van der Waals surface area (Å²) in [6.45, 7) is 5.23. The van der Waals surface area contributed by atoms with Crippen LogP contribution in [0.4, 0.5) is 0 Å². The lowest BCUT2D eigenvalue weighted by atomic mass is 10.0. The van der Waals surface area contributed by atoms with Crippen LogP contribution in [0.3, 0.4) is 0 Å². The molecule has 0 saturated carbocycles. The van der Waals surface area contributed by atoms with Gasteiger partial charge in [0.1, 0.15) is 6.61 Å². The third-order valence-electron chi connectivity index (χ3n) is 4.94. The summed E-state index contributed by atoms with van der Waals surface area (Å²) in [4.78, 5) is 4.52. The molecule has 0 fully saturated rings. The molecule has 24 heavy (non-hydrogen) atoms. The van der Waals surface area contributed by atoms with Crippen LogP contribution in [0, 0.1) is 0 Å². The largest absolute Gasteiger partial charge is 0.476 e. The minimum absolute atomic E-state index is 0.390.